The van der Waals surface area contributed by atoms with E-state index in [9.17, 15) is 4.79 Å². The summed E-state index contributed by atoms with van der Waals surface area (Å²) in [6.07, 6.45) is 6.58. The smallest absolute Gasteiger partial charge is 0.250 e. The van der Waals surface area contributed by atoms with Crippen LogP contribution in [0, 0.1) is 5.92 Å². The van der Waals surface area contributed by atoms with Crippen LogP contribution in [0.1, 0.15) is 34.9 Å². The van der Waals surface area contributed by atoms with Crippen LogP contribution in [0.5, 0.6) is 5.75 Å². The average molecular weight is 503 g/mol. The van der Waals surface area contributed by atoms with Crippen LogP contribution in [-0.2, 0) is 24.2 Å². The molecule has 1 N–H and O–H groups in total. The molecule has 0 fully saturated rings. The number of hydrogen-bond acceptors (Lipinski definition) is 7. The molecule has 0 spiro atoms. The van der Waals surface area contributed by atoms with Gasteiger partial charge < -0.3 is 4.74 Å². The number of hydrazone groups is 1. The van der Waals surface area contributed by atoms with E-state index in [2.05, 4.69) is 27.4 Å². The molecule has 178 valence electrons. The van der Waals surface area contributed by atoms with Crippen molar-refractivity contribution >= 4 is 45.4 Å². The second-order valence-electron chi connectivity index (χ2n) is 8.64. The Morgan fingerprint density at radius 2 is 2.03 bits per heavy atom. The first-order valence-corrected chi connectivity index (χ1v) is 13.4. The summed E-state index contributed by atoms with van der Waals surface area (Å²) < 4.78 is 5.80. The Kier molecular flexibility index (Phi) is 7.39. The average Bonchev–Trinajstić information content (AvgIpc) is 3.25. The van der Waals surface area contributed by atoms with Crippen molar-refractivity contribution in [1.82, 2.24) is 15.4 Å². The van der Waals surface area contributed by atoms with Gasteiger partial charge in [0.25, 0.3) is 0 Å². The summed E-state index contributed by atoms with van der Waals surface area (Å²) in [4.78, 5) is 23.8. The van der Waals surface area contributed by atoms with Gasteiger partial charge in [0.2, 0.25) is 5.91 Å². The Morgan fingerprint density at radius 3 is 2.86 bits per heavy atom. The summed E-state index contributed by atoms with van der Waals surface area (Å²) in [5.41, 5.74) is 5.98. The Labute approximate surface area is 212 Å². The van der Waals surface area contributed by atoms with E-state index in [0.29, 0.717) is 12.5 Å². The molecule has 35 heavy (non-hydrogen) atoms. The van der Waals surface area contributed by atoms with Crippen molar-refractivity contribution in [3.63, 3.8) is 0 Å². The lowest BCUT2D eigenvalue weighted by Gasteiger charge is -2.18. The van der Waals surface area contributed by atoms with Crippen LogP contribution in [0.15, 0.2) is 71.1 Å². The molecule has 0 radical (unpaired) electrons. The van der Waals surface area contributed by atoms with Crippen LogP contribution in [0.2, 0.25) is 0 Å². The van der Waals surface area contributed by atoms with Crippen molar-refractivity contribution in [1.29, 1.82) is 0 Å². The lowest BCUT2D eigenvalue weighted by Crippen LogP contribution is -2.19. The van der Waals surface area contributed by atoms with Gasteiger partial charge in [-0.25, -0.2) is 15.4 Å². The molecule has 1 atom stereocenters. The van der Waals surface area contributed by atoms with Crippen molar-refractivity contribution in [3.8, 4) is 5.75 Å². The number of carbonyl (C=O) groups is 1. The number of thioether (sulfide) groups is 1. The Bertz CT molecular complexity index is 1340. The second kappa shape index (κ2) is 11.0. The quantitative estimate of drug-likeness (QED) is 0.146. The number of benzene rings is 2. The van der Waals surface area contributed by atoms with Gasteiger partial charge in [0.15, 0.2) is 0 Å². The van der Waals surface area contributed by atoms with Crippen LogP contribution in [0.25, 0.3) is 10.2 Å². The van der Waals surface area contributed by atoms with Crippen LogP contribution in [0.3, 0.4) is 0 Å². The van der Waals surface area contributed by atoms with Gasteiger partial charge in [0.1, 0.15) is 28.5 Å². The molecule has 4 aromatic rings. The standard InChI is InChI=1S/C27H26N4O2S2/c1-18-7-12-22-23(13-18)35-27-25(22)26(28-17-29-27)34-16-24(32)31-30-14-19-8-10-21(11-9-19)33-15-20-5-3-2-4-6-20/h2-6,8-11,14,17-18H,7,12-13,15-16H2,1H3,(H,31,32)/b30-14-. The highest BCUT2D eigenvalue weighted by Crippen LogP contribution is 2.40. The highest BCUT2D eigenvalue weighted by atomic mass is 32.2. The van der Waals surface area contributed by atoms with Crippen LogP contribution in [-0.4, -0.2) is 27.8 Å². The fourth-order valence-electron chi connectivity index (χ4n) is 4.09. The van der Waals surface area contributed by atoms with Gasteiger partial charge in [-0.2, -0.15) is 5.10 Å². The third kappa shape index (κ3) is 5.89. The monoisotopic (exact) mass is 502 g/mol. The first-order chi connectivity index (χ1) is 17.2. The molecule has 2 aromatic carbocycles. The van der Waals surface area contributed by atoms with Crippen LogP contribution < -0.4 is 10.2 Å². The van der Waals surface area contributed by atoms with E-state index in [1.165, 1.54) is 28.6 Å². The molecular formula is C27H26N4O2S2. The first kappa shape index (κ1) is 23.5. The largest absolute Gasteiger partial charge is 0.489 e. The number of nitrogens with zero attached hydrogens (tertiary/aromatic N) is 3. The normalized spacial score (nSPS) is 15.3. The van der Waals surface area contributed by atoms with Gasteiger partial charge in [-0.3, -0.25) is 4.79 Å². The minimum Gasteiger partial charge on any atom is -0.489 e. The number of carbonyl (C=O) groups excluding carboxylic acids is 1. The number of amides is 1. The number of aromatic nitrogens is 2. The van der Waals surface area contributed by atoms with Gasteiger partial charge in [0.05, 0.1) is 12.0 Å². The fraction of sp³-hybridized carbons (Fsp3) is 0.259. The Morgan fingerprint density at radius 1 is 1.20 bits per heavy atom. The summed E-state index contributed by atoms with van der Waals surface area (Å²) >= 11 is 3.21. The SMILES string of the molecule is CC1CCc2c(sc3ncnc(SCC(=O)N/N=C\c4ccc(OCc5ccccc5)cc4)c23)C1. The Hall–Kier alpha value is -3.23. The molecule has 2 heterocycles. The Balaban J connectivity index is 1.13. The van der Waals surface area contributed by atoms with Gasteiger partial charge >= 0.3 is 0 Å². The van der Waals surface area contributed by atoms with Gasteiger partial charge in [0, 0.05) is 10.3 Å². The maximum Gasteiger partial charge on any atom is 0.250 e. The molecule has 1 unspecified atom stereocenters. The van der Waals surface area contributed by atoms with Crippen LogP contribution >= 0.6 is 23.1 Å². The summed E-state index contributed by atoms with van der Waals surface area (Å²) in [5, 5.41) is 6.11. The fourth-order valence-corrected chi connectivity index (χ4v) is 6.32. The first-order valence-electron chi connectivity index (χ1n) is 11.6. The maximum atomic E-state index is 12.4. The van der Waals surface area contributed by atoms with Crippen molar-refractivity contribution in [2.45, 2.75) is 37.8 Å². The van der Waals surface area contributed by atoms with Crippen LogP contribution in [0.4, 0.5) is 0 Å². The van der Waals surface area contributed by atoms with Gasteiger partial charge in [-0.05, 0) is 66.1 Å². The highest BCUT2D eigenvalue weighted by molar-refractivity contribution is 8.00. The molecule has 0 aliphatic heterocycles. The number of fused-ring (bicyclic) bond motifs is 3. The second-order valence-corrected chi connectivity index (χ2v) is 10.7. The van der Waals surface area contributed by atoms with E-state index < -0.39 is 0 Å². The molecule has 0 bridgehead atoms. The van der Waals surface area contributed by atoms with E-state index in [4.69, 9.17) is 4.74 Å². The summed E-state index contributed by atoms with van der Waals surface area (Å²) in [7, 11) is 0. The van der Waals surface area contributed by atoms with Crippen molar-refractivity contribution < 1.29 is 9.53 Å². The molecule has 1 amide bonds. The lowest BCUT2D eigenvalue weighted by molar-refractivity contribution is -0.118. The van der Waals surface area contributed by atoms with Crippen molar-refractivity contribution in [3.05, 3.63) is 82.5 Å². The number of rotatable bonds is 8. The lowest BCUT2D eigenvalue weighted by atomic mass is 9.89. The molecule has 0 saturated carbocycles. The molecule has 2 aromatic heterocycles. The van der Waals surface area contributed by atoms with Crippen molar-refractivity contribution in [2.75, 3.05) is 5.75 Å². The summed E-state index contributed by atoms with van der Waals surface area (Å²) in [5.74, 6) is 1.57. The molecule has 0 saturated heterocycles. The van der Waals surface area contributed by atoms with Gasteiger partial charge in [-0.1, -0.05) is 49.0 Å². The van der Waals surface area contributed by atoms with E-state index in [1.807, 2.05) is 54.6 Å². The minimum atomic E-state index is -0.168. The number of thiophene rings is 1. The predicted molar refractivity (Wildman–Crippen MR) is 142 cm³/mol. The summed E-state index contributed by atoms with van der Waals surface area (Å²) in [6, 6.07) is 17.6. The number of nitrogens with one attached hydrogen (secondary N) is 1. The molecule has 6 nitrogen and oxygen atoms in total. The highest BCUT2D eigenvalue weighted by Gasteiger charge is 2.23. The molecule has 1 aliphatic rings. The molecule has 1 aliphatic carbocycles. The van der Waals surface area contributed by atoms with E-state index in [0.717, 1.165) is 45.0 Å². The zero-order chi connectivity index (χ0) is 24.0. The van der Waals surface area contributed by atoms with E-state index in [-0.39, 0.29) is 11.7 Å². The molecule has 8 heteroatoms. The third-order valence-electron chi connectivity index (χ3n) is 5.93. The molecular weight excluding hydrogens is 476 g/mol. The topological polar surface area (TPSA) is 76.5 Å². The number of aryl methyl sites for hydroxylation is 1. The molecule has 5 rings (SSSR count). The zero-order valence-electron chi connectivity index (χ0n) is 19.4. The zero-order valence-corrected chi connectivity index (χ0v) is 21.1. The minimum absolute atomic E-state index is 0.168. The maximum absolute atomic E-state index is 12.4. The van der Waals surface area contributed by atoms with Gasteiger partial charge in [-0.15, -0.1) is 11.3 Å². The summed E-state index contributed by atoms with van der Waals surface area (Å²) in [6.45, 7) is 2.82. The third-order valence-corrected chi connectivity index (χ3v) is 8.08. The van der Waals surface area contributed by atoms with Crippen molar-refractivity contribution in [2.24, 2.45) is 11.0 Å². The predicted octanol–water partition coefficient (Wildman–Crippen LogP) is 5.64. The number of hydrogen-bond donors (Lipinski definition) is 1. The number of ether oxygens (including phenoxy) is 1. The van der Waals surface area contributed by atoms with E-state index >= 15 is 0 Å². The van der Waals surface area contributed by atoms with E-state index in [1.54, 1.807) is 23.9 Å².